The van der Waals surface area contributed by atoms with Gasteiger partial charge in [0.15, 0.2) is 0 Å². The molecule has 110 valence electrons. The largest absolute Gasteiger partial charge is 0.465 e. The Morgan fingerprint density at radius 2 is 2.00 bits per heavy atom. The standard InChI is InChI=1S/C14H17F2NO3/c1-2-19-12(18)14(7-10(17)8-14)9-3-5-11(6-4-9)20-13(15)16/h3-6,10,13H,2,7-8,17H2,1H3. The van der Waals surface area contributed by atoms with Crippen LogP contribution >= 0.6 is 0 Å². The SMILES string of the molecule is CCOC(=O)C1(c2ccc(OC(F)F)cc2)CC(N)C1. The maximum absolute atomic E-state index is 12.1. The van der Waals surface area contributed by atoms with Gasteiger partial charge in [-0.3, -0.25) is 4.79 Å². The van der Waals surface area contributed by atoms with Gasteiger partial charge in [0.1, 0.15) is 5.75 Å². The molecule has 0 unspecified atom stereocenters. The number of ether oxygens (including phenoxy) is 2. The maximum atomic E-state index is 12.1. The monoisotopic (exact) mass is 285 g/mol. The number of hydrogen-bond acceptors (Lipinski definition) is 4. The quantitative estimate of drug-likeness (QED) is 0.843. The number of carbonyl (C=O) groups is 1. The summed E-state index contributed by atoms with van der Waals surface area (Å²) in [7, 11) is 0. The van der Waals surface area contributed by atoms with Crippen LogP contribution in [0.15, 0.2) is 24.3 Å². The van der Waals surface area contributed by atoms with Gasteiger partial charge < -0.3 is 15.2 Å². The van der Waals surface area contributed by atoms with Crippen LogP contribution in [0, 0.1) is 0 Å². The van der Waals surface area contributed by atoms with Crippen molar-refractivity contribution in [3.05, 3.63) is 29.8 Å². The van der Waals surface area contributed by atoms with E-state index in [4.69, 9.17) is 10.5 Å². The molecule has 4 nitrogen and oxygen atoms in total. The van der Waals surface area contributed by atoms with E-state index >= 15 is 0 Å². The van der Waals surface area contributed by atoms with Gasteiger partial charge in [-0.05, 0) is 37.5 Å². The van der Waals surface area contributed by atoms with Gasteiger partial charge in [-0.2, -0.15) is 8.78 Å². The zero-order valence-electron chi connectivity index (χ0n) is 11.1. The van der Waals surface area contributed by atoms with Crippen LogP contribution in [-0.4, -0.2) is 25.2 Å². The summed E-state index contributed by atoms with van der Waals surface area (Å²) in [6.45, 7) is -0.830. The molecular weight excluding hydrogens is 268 g/mol. The fraction of sp³-hybridized carbons (Fsp3) is 0.500. The maximum Gasteiger partial charge on any atom is 0.387 e. The fourth-order valence-corrected chi connectivity index (χ4v) is 2.58. The zero-order valence-corrected chi connectivity index (χ0v) is 11.1. The van der Waals surface area contributed by atoms with Gasteiger partial charge in [0.05, 0.1) is 12.0 Å². The first-order chi connectivity index (χ1) is 9.48. The third-order valence-electron chi connectivity index (χ3n) is 3.52. The molecule has 0 amide bonds. The highest BCUT2D eigenvalue weighted by atomic mass is 19.3. The Hall–Kier alpha value is -1.69. The molecule has 0 radical (unpaired) electrons. The number of benzene rings is 1. The first-order valence-corrected chi connectivity index (χ1v) is 6.46. The highest BCUT2D eigenvalue weighted by Crippen LogP contribution is 2.44. The van der Waals surface area contributed by atoms with E-state index in [9.17, 15) is 13.6 Å². The van der Waals surface area contributed by atoms with Crippen LogP contribution in [-0.2, 0) is 14.9 Å². The molecule has 1 aromatic rings. The Bertz CT molecular complexity index is 470. The van der Waals surface area contributed by atoms with Crippen molar-refractivity contribution in [1.82, 2.24) is 0 Å². The van der Waals surface area contributed by atoms with E-state index in [-0.39, 0.29) is 17.8 Å². The van der Waals surface area contributed by atoms with Gasteiger partial charge in [0, 0.05) is 6.04 Å². The van der Waals surface area contributed by atoms with Gasteiger partial charge in [0.25, 0.3) is 0 Å². The number of halogens is 2. The lowest BCUT2D eigenvalue weighted by Crippen LogP contribution is -2.54. The van der Waals surface area contributed by atoms with Crippen LogP contribution in [0.4, 0.5) is 8.78 Å². The number of esters is 1. The Balaban J connectivity index is 2.20. The van der Waals surface area contributed by atoms with Crippen molar-refractivity contribution >= 4 is 5.97 Å². The number of carbonyl (C=O) groups excluding carboxylic acids is 1. The molecule has 0 bridgehead atoms. The van der Waals surface area contributed by atoms with Gasteiger partial charge in [-0.1, -0.05) is 12.1 Å². The Labute approximate surface area is 115 Å². The summed E-state index contributed by atoms with van der Waals surface area (Å²) in [6.07, 6.45) is 1.00. The number of hydrogen-bond donors (Lipinski definition) is 1. The minimum atomic E-state index is -2.86. The van der Waals surface area contributed by atoms with E-state index < -0.39 is 12.0 Å². The Morgan fingerprint density at radius 3 is 2.45 bits per heavy atom. The van der Waals surface area contributed by atoms with Crippen molar-refractivity contribution in [2.75, 3.05) is 6.61 Å². The highest BCUT2D eigenvalue weighted by molar-refractivity contribution is 5.85. The molecule has 0 aromatic heterocycles. The van der Waals surface area contributed by atoms with Crippen molar-refractivity contribution in [3.63, 3.8) is 0 Å². The second kappa shape index (κ2) is 5.75. The summed E-state index contributed by atoms with van der Waals surface area (Å²) in [4.78, 5) is 12.1. The van der Waals surface area contributed by atoms with Crippen molar-refractivity contribution in [1.29, 1.82) is 0 Å². The summed E-state index contributed by atoms with van der Waals surface area (Å²) < 4.78 is 33.6. The molecule has 0 atom stereocenters. The molecule has 2 N–H and O–H groups in total. The van der Waals surface area contributed by atoms with Crippen molar-refractivity contribution in [2.45, 2.75) is 37.8 Å². The summed E-state index contributed by atoms with van der Waals surface area (Å²) in [6, 6.07) is 6.02. The molecule has 0 aliphatic heterocycles. The topological polar surface area (TPSA) is 61.5 Å². The zero-order chi connectivity index (χ0) is 14.8. The van der Waals surface area contributed by atoms with Crippen molar-refractivity contribution < 1.29 is 23.0 Å². The minimum absolute atomic E-state index is 0.0450. The second-order valence-corrected chi connectivity index (χ2v) is 4.87. The summed E-state index contributed by atoms with van der Waals surface area (Å²) >= 11 is 0. The van der Waals surface area contributed by atoms with Crippen LogP contribution in [0.5, 0.6) is 5.75 Å². The number of alkyl halides is 2. The third-order valence-corrected chi connectivity index (χ3v) is 3.52. The molecule has 2 rings (SSSR count). The molecule has 0 saturated heterocycles. The van der Waals surface area contributed by atoms with Crippen molar-refractivity contribution in [2.24, 2.45) is 5.73 Å². The first kappa shape index (κ1) is 14.7. The predicted octanol–water partition coefficient (Wildman–Crippen LogP) is 2.21. The lowest BCUT2D eigenvalue weighted by atomic mass is 9.62. The van der Waals surface area contributed by atoms with Gasteiger partial charge in [0.2, 0.25) is 0 Å². The molecule has 1 aliphatic rings. The molecular formula is C14H17F2NO3. The molecule has 1 aliphatic carbocycles. The number of nitrogens with two attached hydrogens (primary N) is 1. The van der Waals surface area contributed by atoms with E-state index in [0.29, 0.717) is 19.4 Å². The van der Waals surface area contributed by atoms with Gasteiger partial charge in [-0.25, -0.2) is 0 Å². The molecule has 1 saturated carbocycles. The molecule has 0 heterocycles. The number of rotatable bonds is 5. The molecule has 0 spiro atoms. The van der Waals surface area contributed by atoms with E-state index in [1.165, 1.54) is 12.1 Å². The van der Waals surface area contributed by atoms with Crippen LogP contribution in [0.3, 0.4) is 0 Å². The normalized spacial score (nSPS) is 25.1. The fourth-order valence-electron chi connectivity index (χ4n) is 2.58. The van der Waals surface area contributed by atoms with E-state index in [1.807, 2.05) is 0 Å². The second-order valence-electron chi connectivity index (χ2n) is 4.87. The smallest absolute Gasteiger partial charge is 0.387 e. The average Bonchev–Trinajstić information content (AvgIpc) is 2.35. The third kappa shape index (κ3) is 2.75. The lowest BCUT2D eigenvalue weighted by Gasteiger charge is -2.44. The van der Waals surface area contributed by atoms with Crippen LogP contribution in [0.2, 0.25) is 0 Å². The molecule has 6 heteroatoms. The molecule has 1 aromatic carbocycles. The average molecular weight is 285 g/mol. The Morgan fingerprint density at radius 1 is 1.40 bits per heavy atom. The van der Waals surface area contributed by atoms with E-state index in [1.54, 1.807) is 19.1 Å². The lowest BCUT2D eigenvalue weighted by molar-refractivity contribution is -0.154. The highest BCUT2D eigenvalue weighted by Gasteiger charge is 2.51. The van der Waals surface area contributed by atoms with Crippen LogP contribution in [0.1, 0.15) is 25.3 Å². The van der Waals surface area contributed by atoms with Crippen molar-refractivity contribution in [3.8, 4) is 5.75 Å². The van der Waals surface area contributed by atoms with E-state index in [2.05, 4.69) is 4.74 Å². The van der Waals surface area contributed by atoms with Gasteiger partial charge >= 0.3 is 12.6 Å². The molecule has 20 heavy (non-hydrogen) atoms. The van der Waals surface area contributed by atoms with Gasteiger partial charge in [-0.15, -0.1) is 0 Å². The minimum Gasteiger partial charge on any atom is -0.465 e. The summed E-state index contributed by atoms with van der Waals surface area (Å²) in [5.74, 6) is -0.254. The Kier molecular flexibility index (Phi) is 4.23. The van der Waals surface area contributed by atoms with Crippen LogP contribution < -0.4 is 10.5 Å². The predicted molar refractivity (Wildman–Crippen MR) is 68.6 cm³/mol. The summed E-state index contributed by atoms with van der Waals surface area (Å²) in [5.41, 5.74) is 5.76. The summed E-state index contributed by atoms with van der Waals surface area (Å²) in [5, 5.41) is 0. The first-order valence-electron chi connectivity index (χ1n) is 6.46. The molecule has 1 fully saturated rings. The van der Waals surface area contributed by atoms with Crippen LogP contribution in [0.25, 0.3) is 0 Å². The van der Waals surface area contributed by atoms with E-state index in [0.717, 1.165) is 5.56 Å².